The number of carbonyl (C=O) groups is 1. The number of amides is 1. The van der Waals surface area contributed by atoms with E-state index in [2.05, 4.69) is 0 Å². The molecule has 1 aliphatic rings. The van der Waals surface area contributed by atoms with Crippen molar-refractivity contribution in [3.05, 3.63) is 63.1 Å². The Balaban J connectivity index is 1.98. The van der Waals surface area contributed by atoms with Crippen LogP contribution in [0.4, 0.5) is 5.69 Å². The van der Waals surface area contributed by atoms with E-state index in [0.29, 0.717) is 16.5 Å². The van der Waals surface area contributed by atoms with E-state index in [0.717, 1.165) is 22.4 Å². The Morgan fingerprint density at radius 3 is 2.62 bits per heavy atom. The number of hydrogen-bond acceptors (Lipinski definition) is 1. The molecule has 0 bridgehead atoms. The second-order valence-electron chi connectivity index (χ2n) is 5.05. The van der Waals surface area contributed by atoms with Gasteiger partial charge >= 0.3 is 0 Å². The van der Waals surface area contributed by atoms with Gasteiger partial charge in [0, 0.05) is 22.8 Å². The Hall–Kier alpha value is -1.22. The van der Waals surface area contributed by atoms with Crippen molar-refractivity contribution in [3.8, 4) is 0 Å². The first kappa shape index (κ1) is 14.7. The first-order chi connectivity index (χ1) is 9.97. The lowest BCUT2D eigenvalue weighted by molar-refractivity contribution is -0.117. The summed E-state index contributed by atoms with van der Waals surface area (Å²) in [6.45, 7) is 0. The van der Waals surface area contributed by atoms with Crippen LogP contribution in [-0.4, -0.2) is 13.0 Å². The normalized spacial score (nSPS) is 15.2. The minimum absolute atomic E-state index is 0.0952. The molecule has 0 aliphatic carbocycles. The van der Waals surface area contributed by atoms with Crippen LogP contribution in [0.5, 0.6) is 0 Å². The number of hydrogen-bond donors (Lipinski definition) is 0. The smallest absolute Gasteiger partial charge is 0.231 e. The van der Waals surface area contributed by atoms with Crippen molar-refractivity contribution in [2.75, 3.05) is 11.9 Å². The summed E-state index contributed by atoms with van der Waals surface area (Å²) in [6.07, 6.45) is 0.414. The molecule has 1 aliphatic heterocycles. The molecular formula is C16H12Cl3NO. The maximum absolute atomic E-state index is 11.7. The third-order valence-electron chi connectivity index (χ3n) is 3.71. The molecule has 1 unspecified atom stereocenters. The molecule has 0 aromatic heterocycles. The third kappa shape index (κ3) is 2.64. The summed E-state index contributed by atoms with van der Waals surface area (Å²) < 4.78 is 0. The zero-order valence-corrected chi connectivity index (χ0v) is 13.5. The van der Waals surface area contributed by atoms with E-state index in [1.165, 1.54) is 0 Å². The number of fused-ring (bicyclic) bond motifs is 1. The van der Waals surface area contributed by atoms with E-state index >= 15 is 0 Å². The van der Waals surface area contributed by atoms with E-state index in [4.69, 9.17) is 34.8 Å². The summed E-state index contributed by atoms with van der Waals surface area (Å²) in [5.74, 6) is 0.0952. The van der Waals surface area contributed by atoms with Gasteiger partial charge in [-0.15, -0.1) is 11.6 Å². The summed E-state index contributed by atoms with van der Waals surface area (Å²) in [7, 11) is 1.78. The van der Waals surface area contributed by atoms with E-state index < -0.39 is 0 Å². The molecule has 0 fully saturated rings. The first-order valence-electron chi connectivity index (χ1n) is 6.46. The Morgan fingerprint density at radius 1 is 1.14 bits per heavy atom. The molecule has 0 saturated carbocycles. The lowest BCUT2D eigenvalue weighted by atomic mass is 10.0. The molecule has 108 valence electrons. The molecular weight excluding hydrogens is 329 g/mol. The molecule has 2 aromatic rings. The largest absolute Gasteiger partial charge is 0.315 e. The SMILES string of the molecule is CN1C(=O)Cc2cc(C(Cl)c3ccc(Cl)cc3Cl)ccc21. The summed E-state index contributed by atoms with van der Waals surface area (Å²) >= 11 is 18.7. The number of anilines is 1. The molecule has 21 heavy (non-hydrogen) atoms. The van der Waals surface area contributed by atoms with Gasteiger partial charge in [-0.05, 0) is 34.9 Å². The lowest BCUT2D eigenvalue weighted by Crippen LogP contribution is -2.20. The lowest BCUT2D eigenvalue weighted by Gasteiger charge is -2.15. The van der Waals surface area contributed by atoms with Gasteiger partial charge in [0.05, 0.1) is 11.8 Å². The molecule has 3 rings (SSSR count). The molecule has 1 heterocycles. The molecule has 0 radical (unpaired) electrons. The van der Waals surface area contributed by atoms with E-state index in [1.54, 1.807) is 24.1 Å². The van der Waals surface area contributed by atoms with Crippen molar-refractivity contribution in [1.29, 1.82) is 0 Å². The maximum atomic E-state index is 11.7. The van der Waals surface area contributed by atoms with Crippen molar-refractivity contribution in [1.82, 2.24) is 0 Å². The number of alkyl halides is 1. The summed E-state index contributed by atoms with van der Waals surface area (Å²) in [6, 6.07) is 11.1. The minimum atomic E-state index is -0.374. The standard InChI is InChI=1S/C16H12Cl3NO/c1-20-14-5-2-9(6-10(14)7-15(20)21)16(19)12-4-3-11(17)8-13(12)18/h2-6,8,16H,7H2,1H3. The fourth-order valence-corrected chi connectivity index (χ4v) is 3.43. The van der Waals surface area contributed by atoms with Gasteiger partial charge in [-0.1, -0.05) is 41.4 Å². The van der Waals surface area contributed by atoms with Gasteiger partial charge in [-0.2, -0.15) is 0 Å². The van der Waals surface area contributed by atoms with E-state index in [-0.39, 0.29) is 11.3 Å². The Bertz CT molecular complexity index is 729. The van der Waals surface area contributed by atoms with Crippen LogP contribution in [0.1, 0.15) is 22.1 Å². The van der Waals surface area contributed by atoms with Crippen LogP contribution in [-0.2, 0) is 11.2 Å². The van der Waals surface area contributed by atoms with E-state index in [1.807, 2.05) is 24.3 Å². The van der Waals surface area contributed by atoms with Gasteiger partial charge in [-0.25, -0.2) is 0 Å². The summed E-state index contributed by atoms with van der Waals surface area (Å²) in [5, 5.41) is 0.742. The minimum Gasteiger partial charge on any atom is -0.315 e. The van der Waals surface area contributed by atoms with Gasteiger partial charge in [0.25, 0.3) is 0 Å². The van der Waals surface area contributed by atoms with Crippen molar-refractivity contribution in [3.63, 3.8) is 0 Å². The Labute approximate surface area is 138 Å². The number of nitrogens with zero attached hydrogens (tertiary/aromatic N) is 1. The highest BCUT2D eigenvalue weighted by molar-refractivity contribution is 6.36. The molecule has 1 amide bonds. The average Bonchev–Trinajstić information content (AvgIpc) is 2.73. The summed E-state index contributed by atoms with van der Waals surface area (Å²) in [4.78, 5) is 13.4. The number of halogens is 3. The first-order valence-corrected chi connectivity index (χ1v) is 7.65. The second kappa shape index (κ2) is 5.53. The number of benzene rings is 2. The van der Waals surface area contributed by atoms with Crippen LogP contribution < -0.4 is 4.90 Å². The molecule has 0 spiro atoms. The van der Waals surface area contributed by atoms with E-state index in [9.17, 15) is 4.79 Å². The molecule has 0 N–H and O–H groups in total. The van der Waals surface area contributed by atoms with Crippen molar-refractivity contribution < 1.29 is 4.79 Å². The Kier molecular flexibility index (Phi) is 3.87. The molecule has 2 nitrogen and oxygen atoms in total. The highest BCUT2D eigenvalue weighted by Gasteiger charge is 2.25. The van der Waals surface area contributed by atoms with Crippen LogP contribution in [0.2, 0.25) is 10.0 Å². The van der Waals surface area contributed by atoms with Gasteiger partial charge in [0.15, 0.2) is 0 Å². The van der Waals surface area contributed by atoms with Gasteiger partial charge in [-0.3, -0.25) is 4.79 Å². The molecule has 1 atom stereocenters. The van der Waals surface area contributed by atoms with Crippen LogP contribution in [0.15, 0.2) is 36.4 Å². The maximum Gasteiger partial charge on any atom is 0.231 e. The van der Waals surface area contributed by atoms with Gasteiger partial charge in [0.2, 0.25) is 5.91 Å². The highest BCUT2D eigenvalue weighted by atomic mass is 35.5. The monoisotopic (exact) mass is 339 g/mol. The predicted molar refractivity (Wildman–Crippen MR) is 87.7 cm³/mol. The van der Waals surface area contributed by atoms with Crippen molar-refractivity contribution in [2.45, 2.75) is 11.8 Å². The zero-order valence-electron chi connectivity index (χ0n) is 11.2. The second-order valence-corrected chi connectivity index (χ2v) is 6.33. The topological polar surface area (TPSA) is 20.3 Å². The van der Waals surface area contributed by atoms with Crippen molar-refractivity contribution >= 4 is 46.4 Å². The molecule has 5 heteroatoms. The number of carbonyl (C=O) groups excluding carboxylic acids is 1. The quantitative estimate of drug-likeness (QED) is 0.716. The van der Waals surface area contributed by atoms with Gasteiger partial charge in [0.1, 0.15) is 0 Å². The fourth-order valence-electron chi connectivity index (χ4n) is 2.53. The van der Waals surface area contributed by atoms with Crippen LogP contribution >= 0.6 is 34.8 Å². The van der Waals surface area contributed by atoms with Crippen LogP contribution in [0.25, 0.3) is 0 Å². The third-order valence-corrected chi connectivity index (χ3v) is 4.76. The number of rotatable bonds is 2. The zero-order chi connectivity index (χ0) is 15.1. The van der Waals surface area contributed by atoms with Crippen LogP contribution in [0, 0.1) is 0 Å². The highest BCUT2D eigenvalue weighted by Crippen LogP contribution is 2.38. The predicted octanol–water partition coefficient (Wildman–Crippen LogP) is 4.84. The van der Waals surface area contributed by atoms with Gasteiger partial charge < -0.3 is 4.90 Å². The average molecular weight is 341 g/mol. The van der Waals surface area contributed by atoms with Crippen LogP contribution in [0.3, 0.4) is 0 Å². The number of likely N-dealkylation sites (N-methyl/N-ethyl adjacent to an activating group) is 1. The molecule has 2 aromatic carbocycles. The Morgan fingerprint density at radius 2 is 1.90 bits per heavy atom. The molecule has 0 saturated heterocycles. The fraction of sp³-hybridized carbons (Fsp3) is 0.188. The van der Waals surface area contributed by atoms with Crippen molar-refractivity contribution in [2.24, 2.45) is 0 Å². The summed E-state index contributed by atoms with van der Waals surface area (Å²) in [5.41, 5.74) is 3.66.